The largest absolute Gasteiger partial charge is 0.313 e. The highest BCUT2D eigenvalue weighted by molar-refractivity contribution is 7.79. The normalized spacial score (nSPS) is 11.2. The monoisotopic (exact) mass is 276 g/mol. The van der Waals surface area contributed by atoms with Crippen LogP contribution in [0, 0.1) is 0 Å². The van der Waals surface area contributed by atoms with Crippen molar-refractivity contribution in [2.45, 2.75) is 0 Å². The first-order valence-corrected chi connectivity index (χ1v) is 7.93. The fraction of sp³-hybridized carbons (Fsp3) is 0.0667. The average Bonchev–Trinajstić information content (AvgIpc) is 2.40. The Morgan fingerprint density at radius 3 is 1.67 bits per heavy atom. The molecule has 0 bridgehead atoms. The topological polar surface area (TPSA) is 17.1 Å². The molecule has 92 valence electrons. The van der Waals surface area contributed by atoms with E-state index in [2.05, 4.69) is 6.58 Å². The predicted molar refractivity (Wildman–Crippen MR) is 79.6 cm³/mol. The zero-order valence-corrected chi connectivity index (χ0v) is 11.6. The Kier molecular flexibility index (Phi) is 4.06. The van der Waals surface area contributed by atoms with Crippen molar-refractivity contribution in [2.24, 2.45) is 0 Å². The average molecular weight is 277 g/mol. The Hall–Kier alpha value is -1.30. The molecule has 0 amide bonds. The van der Waals surface area contributed by atoms with Gasteiger partial charge in [0.25, 0.3) is 0 Å². The Morgan fingerprint density at radius 2 is 1.33 bits per heavy atom. The van der Waals surface area contributed by atoms with Crippen LogP contribution in [0.1, 0.15) is 0 Å². The van der Waals surface area contributed by atoms with Crippen molar-refractivity contribution in [3.63, 3.8) is 0 Å². The van der Waals surface area contributed by atoms with Crippen molar-refractivity contribution in [1.82, 2.24) is 0 Å². The standard InChI is InChI=1S/C15H14ClOP/c1-13(16)12-18(17,14-8-4-2-5-9-14)15-10-6-3-7-11-15/h2-11H,1,12H2. The summed E-state index contributed by atoms with van der Waals surface area (Å²) in [6, 6.07) is 18.9. The van der Waals surface area contributed by atoms with Gasteiger partial charge in [-0.15, -0.1) is 0 Å². The van der Waals surface area contributed by atoms with Gasteiger partial charge in [0, 0.05) is 21.8 Å². The summed E-state index contributed by atoms with van der Waals surface area (Å²) in [5.74, 6) is 0. The second-order valence-electron chi connectivity index (χ2n) is 4.09. The minimum absolute atomic E-state index is 0.294. The van der Waals surface area contributed by atoms with Crippen LogP contribution < -0.4 is 10.6 Å². The molecule has 2 aromatic carbocycles. The van der Waals surface area contributed by atoms with Crippen molar-refractivity contribution >= 4 is 29.4 Å². The summed E-state index contributed by atoms with van der Waals surface area (Å²) >= 11 is 5.90. The highest BCUT2D eigenvalue weighted by Gasteiger charge is 2.27. The minimum Gasteiger partial charge on any atom is -0.313 e. The Balaban J connectivity index is 2.55. The summed E-state index contributed by atoms with van der Waals surface area (Å²) < 4.78 is 13.3. The fourth-order valence-corrected chi connectivity index (χ4v) is 4.87. The zero-order chi connectivity index (χ0) is 13.0. The van der Waals surface area contributed by atoms with E-state index >= 15 is 0 Å². The molecule has 0 atom stereocenters. The predicted octanol–water partition coefficient (Wildman–Crippen LogP) is 3.75. The summed E-state index contributed by atoms with van der Waals surface area (Å²) in [4.78, 5) is 0. The highest BCUT2D eigenvalue weighted by atomic mass is 35.5. The van der Waals surface area contributed by atoms with Gasteiger partial charge in [0.2, 0.25) is 0 Å². The number of hydrogen-bond acceptors (Lipinski definition) is 1. The second-order valence-corrected chi connectivity index (χ2v) is 7.45. The van der Waals surface area contributed by atoms with E-state index in [0.29, 0.717) is 11.2 Å². The van der Waals surface area contributed by atoms with E-state index in [1.807, 2.05) is 60.7 Å². The van der Waals surface area contributed by atoms with E-state index in [9.17, 15) is 4.57 Å². The van der Waals surface area contributed by atoms with Gasteiger partial charge in [-0.1, -0.05) is 78.8 Å². The lowest BCUT2D eigenvalue weighted by Crippen LogP contribution is -2.18. The van der Waals surface area contributed by atoms with Crippen molar-refractivity contribution in [3.8, 4) is 0 Å². The molecule has 0 radical (unpaired) electrons. The van der Waals surface area contributed by atoms with Gasteiger partial charge in [-0.3, -0.25) is 0 Å². The Bertz CT molecular complexity index is 534. The molecule has 18 heavy (non-hydrogen) atoms. The van der Waals surface area contributed by atoms with Gasteiger partial charge in [0.1, 0.15) is 7.14 Å². The van der Waals surface area contributed by atoms with Gasteiger partial charge in [0.15, 0.2) is 0 Å². The van der Waals surface area contributed by atoms with E-state index in [4.69, 9.17) is 11.6 Å². The fourth-order valence-electron chi connectivity index (χ4n) is 1.91. The second kappa shape index (κ2) is 5.56. The smallest absolute Gasteiger partial charge is 0.148 e. The summed E-state index contributed by atoms with van der Waals surface area (Å²) in [6.45, 7) is 3.68. The molecule has 0 heterocycles. The van der Waals surface area contributed by atoms with Crippen LogP contribution in [0.3, 0.4) is 0 Å². The number of allylic oxidation sites excluding steroid dienone is 1. The van der Waals surface area contributed by atoms with E-state index in [1.165, 1.54) is 0 Å². The summed E-state index contributed by atoms with van der Waals surface area (Å²) in [6.07, 6.45) is 0.294. The van der Waals surface area contributed by atoms with Crippen LogP contribution in [0.2, 0.25) is 0 Å². The van der Waals surface area contributed by atoms with Crippen molar-refractivity contribution in [1.29, 1.82) is 0 Å². The van der Waals surface area contributed by atoms with Gasteiger partial charge < -0.3 is 4.57 Å². The number of halogens is 1. The zero-order valence-electron chi connectivity index (χ0n) is 9.92. The van der Waals surface area contributed by atoms with E-state index in [1.54, 1.807) is 0 Å². The van der Waals surface area contributed by atoms with Crippen LogP contribution in [0.15, 0.2) is 72.3 Å². The first kappa shape index (κ1) is 13.1. The van der Waals surface area contributed by atoms with Gasteiger partial charge in [-0.2, -0.15) is 0 Å². The van der Waals surface area contributed by atoms with Crippen LogP contribution in [-0.4, -0.2) is 6.16 Å². The third-order valence-corrected chi connectivity index (χ3v) is 6.15. The molecule has 3 heteroatoms. The Labute approximate surface area is 112 Å². The molecule has 2 aromatic rings. The lowest BCUT2D eigenvalue weighted by atomic mass is 10.4. The molecule has 0 fully saturated rings. The third-order valence-electron chi connectivity index (χ3n) is 2.74. The number of benzene rings is 2. The van der Waals surface area contributed by atoms with Crippen molar-refractivity contribution < 1.29 is 4.57 Å². The lowest BCUT2D eigenvalue weighted by molar-refractivity contribution is 0.588. The molecule has 2 rings (SSSR count). The maximum absolute atomic E-state index is 13.3. The molecule has 0 N–H and O–H groups in total. The molecule has 0 aliphatic carbocycles. The maximum Gasteiger partial charge on any atom is 0.148 e. The van der Waals surface area contributed by atoms with Crippen LogP contribution in [0.25, 0.3) is 0 Å². The van der Waals surface area contributed by atoms with Gasteiger partial charge >= 0.3 is 0 Å². The van der Waals surface area contributed by atoms with Crippen LogP contribution in [0.4, 0.5) is 0 Å². The highest BCUT2D eigenvalue weighted by Crippen LogP contribution is 2.45. The summed E-state index contributed by atoms with van der Waals surface area (Å²) in [5.41, 5.74) is 0. The molecular weight excluding hydrogens is 263 g/mol. The molecule has 0 aliphatic heterocycles. The molecule has 0 unspecified atom stereocenters. The van der Waals surface area contributed by atoms with E-state index < -0.39 is 7.14 Å². The molecule has 0 saturated heterocycles. The molecule has 1 nitrogen and oxygen atoms in total. The molecule has 0 saturated carbocycles. The lowest BCUT2D eigenvalue weighted by Gasteiger charge is -2.18. The molecule has 0 aromatic heterocycles. The number of hydrogen-bond donors (Lipinski definition) is 0. The summed E-state index contributed by atoms with van der Waals surface area (Å²) in [5, 5.41) is 2.06. The molecular formula is C15H14ClOP. The van der Waals surface area contributed by atoms with Crippen LogP contribution >= 0.6 is 18.7 Å². The minimum atomic E-state index is -2.71. The molecule has 0 aliphatic rings. The van der Waals surface area contributed by atoms with Gasteiger partial charge in [-0.25, -0.2) is 0 Å². The first-order valence-electron chi connectivity index (χ1n) is 5.66. The van der Waals surface area contributed by atoms with Crippen molar-refractivity contribution in [3.05, 3.63) is 72.3 Å². The van der Waals surface area contributed by atoms with Crippen LogP contribution in [0.5, 0.6) is 0 Å². The first-order chi connectivity index (χ1) is 8.63. The van der Waals surface area contributed by atoms with Gasteiger partial charge in [0.05, 0.1) is 0 Å². The van der Waals surface area contributed by atoms with E-state index in [-0.39, 0.29) is 0 Å². The maximum atomic E-state index is 13.3. The van der Waals surface area contributed by atoms with Crippen LogP contribution in [-0.2, 0) is 4.57 Å². The number of rotatable bonds is 4. The SMILES string of the molecule is C=C(Cl)CP(=O)(c1ccccc1)c1ccccc1. The Morgan fingerprint density at radius 1 is 0.944 bits per heavy atom. The van der Waals surface area contributed by atoms with E-state index in [0.717, 1.165) is 10.6 Å². The van der Waals surface area contributed by atoms with Gasteiger partial charge in [-0.05, 0) is 0 Å². The van der Waals surface area contributed by atoms with Crippen molar-refractivity contribution in [2.75, 3.05) is 6.16 Å². The third kappa shape index (κ3) is 2.75. The quantitative estimate of drug-likeness (QED) is 0.777. The molecule has 0 spiro atoms. The summed E-state index contributed by atoms with van der Waals surface area (Å²) in [7, 11) is -2.71.